The smallest absolute Gasteiger partial charge is 0.321 e. The van der Waals surface area contributed by atoms with Crippen LogP contribution in [0, 0.1) is 0 Å². The third-order valence-electron chi connectivity index (χ3n) is 2.68. The lowest BCUT2D eigenvalue weighted by Gasteiger charge is -2.04. The summed E-state index contributed by atoms with van der Waals surface area (Å²) in [5, 5.41) is 13.3. The van der Waals surface area contributed by atoms with E-state index in [1.54, 1.807) is 0 Å². The third-order valence-corrected chi connectivity index (χ3v) is 3.70. The van der Waals surface area contributed by atoms with E-state index in [9.17, 15) is 9.59 Å². The summed E-state index contributed by atoms with van der Waals surface area (Å²) in [6, 6.07) is 9.14. The standard InChI is InChI=1S/C13H15N5O2S/c1-14-12(20)15-10(19)8-21-13-17-16-11(18(13)2)9-6-4-3-5-7-9/h3-7H,8H2,1-2H3,(H2,14,15,19,20). The average Bonchev–Trinajstić information content (AvgIpc) is 2.87. The highest BCUT2D eigenvalue weighted by Gasteiger charge is 2.13. The Morgan fingerprint density at radius 2 is 1.95 bits per heavy atom. The van der Waals surface area contributed by atoms with Crippen molar-refractivity contribution in [3.63, 3.8) is 0 Å². The van der Waals surface area contributed by atoms with Gasteiger partial charge < -0.3 is 9.88 Å². The van der Waals surface area contributed by atoms with Crippen molar-refractivity contribution in [2.75, 3.05) is 12.8 Å². The van der Waals surface area contributed by atoms with Crippen LogP contribution in [0.25, 0.3) is 11.4 Å². The Labute approximate surface area is 126 Å². The van der Waals surface area contributed by atoms with Crippen molar-refractivity contribution >= 4 is 23.7 Å². The van der Waals surface area contributed by atoms with Gasteiger partial charge in [0.2, 0.25) is 5.91 Å². The maximum Gasteiger partial charge on any atom is 0.321 e. The van der Waals surface area contributed by atoms with Crippen molar-refractivity contribution in [2.45, 2.75) is 5.16 Å². The first-order valence-electron chi connectivity index (χ1n) is 6.21. The van der Waals surface area contributed by atoms with E-state index in [-0.39, 0.29) is 11.7 Å². The molecule has 2 aromatic rings. The number of hydrogen-bond donors (Lipinski definition) is 2. The molecule has 0 aliphatic rings. The maximum atomic E-state index is 11.5. The van der Waals surface area contributed by atoms with E-state index in [0.29, 0.717) is 5.16 Å². The fourth-order valence-corrected chi connectivity index (χ4v) is 2.35. The molecule has 1 aromatic carbocycles. The molecule has 0 aliphatic heterocycles. The Morgan fingerprint density at radius 1 is 1.24 bits per heavy atom. The molecule has 0 aliphatic carbocycles. The van der Waals surface area contributed by atoms with Gasteiger partial charge in [-0.3, -0.25) is 10.1 Å². The third kappa shape index (κ3) is 3.82. The molecule has 0 fully saturated rings. The van der Waals surface area contributed by atoms with E-state index >= 15 is 0 Å². The summed E-state index contributed by atoms with van der Waals surface area (Å²) >= 11 is 1.22. The van der Waals surface area contributed by atoms with Gasteiger partial charge in [0.1, 0.15) is 0 Å². The molecule has 1 heterocycles. The van der Waals surface area contributed by atoms with Crippen molar-refractivity contribution in [3.05, 3.63) is 30.3 Å². The maximum absolute atomic E-state index is 11.5. The van der Waals surface area contributed by atoms with E-state index < -0.39 is 6.03 Å². The largest absolute Gasteiger partial charge is 0.341 e. The van der Waals surface area contributed by atoms with Crippen LogP contribution >= 0.6 is 11.8 Å². The number of amides is 3. The second-order valence-electron chi connectivity index (χ2n) is 4.15. The van der Waals surface area contributed by atoms with Crippen molar-refractivity contribution in [1.82, 2.24) is 25.4 Å². The fraction of sp³-hybridized carbons (Fsp3) is 0.231. The molecule has 0 spiro atoms. The van der Waals surface area contributed by atoms with Gasteiger partial charge in [0, 0.05) is 19.7 Å². The van der Waals surface area contributed by atoms with Crippen LogP contribution < -0.4 is 10.6 Å². The SMILES string of the molecule is CNC(=O)NC(=O)CSc1nnc(-c2ccccc2)n1C. The Balaban J connectivity index is 2.01. The summed E-state index contributed by atoms with van der Waals surface area (Å²) in [6.07, 6.45) is 0. The van der Waals surface area contributed by atoms with Crippen molar-refractivity contribution in [3.8, 4) is 11.4 Å². The van der Waals surface area contributed by atoms with Gasteiger partial charge in [0.05, 0.1) is 5.75 Å². The van der Waals surface area contributed by atoms with Crippen LogP contribution in [0.3, 0.4) is 0 Å². The van der Waals surface area contributed by atoms with Gasteiger partial charge in [-0.15, -0.1) is 10.2 Å². The molecule has 0 bridgehead atoms. The molecular weight excluding hydrogens is 290 g/mol. The first-order chi connectivity index (χ1) is 10.1. The molecule has 8 heteroatoms. The minimum absolute atomic E-state index is 0.0915. The second-order valence-corrected chi connectivity index (χ2v) is 5.09. The predicted octanol–water partition coefficient (Wildman–Crippen LogP) is 1.03. The fourth-order valence-electron chi connectivity index (χ4n) is 1.63. The van der Waals surface area contributed by atoms with E-state index in [0.717, 1.165) is 11.4 Å². The van der Waals surface area contributed by atoms with Crippen molar-refractivity contribution < 1.29 is 9.59 Å². The van der Waals surface area contributed by atoms with Crippen LogP contribution in [-0.4, -0.2) is 39.5 Å². The minimum Gasteiger partial charge on any atom is -0.341 e. The number of nitrogens with one attached hydrogen (secondary N) is 2. The van der Waals surface area contributed by atoms with Crippen LogP contribution in [0.1, 0.15) is 0 Å². The summed E-state index contributed by atoms with van der Waals surface area (Å²) in [5.74, 6) is 0.433. The molecule has 7 nitrogen and oxygen atoms in total. The summed E-state index contributed by atoms with van der Waals surface area (Å²) in [7, 11) is 3.28. The number of carbonyl (C=O) groups excluding carboxylic acids is 2. The Kier molecular flexibility index (Phi) is 4.94. The molecule has 3 amide bonds. The number of imide groups is 1. The Bertz CT molecular complexity index is 641. The zero-order valence-electron chi connectivity index (χ0n) is 11.7. The first kappa shape index (κ1) is 15.0. The molecule has 0 radical (unpaired) electrons. The Hall–Kier alpha value is -2.35. The van der Waals surface area contributed by atoms with E-state index in [1.165, 1.54) is 18.8 Å². The summed E-state index contributed by atoms with van der Waals surface area (Å²) < 4.78 is 1.81. The number of hydrogen-bond acceptors (Lipinski definition) is 5. The number of carbonyl (C=O) groups is 2. The summed E-state index contributed by atoms with van der Waals surface area (Å²) in [5.41, 5.74) is 0.953. The number of urea groups is 1. The molecule has 0 atom stereocenters. The Morgan fingerprint density at radius 3 is 2.62 bits per heavy atom. The molecule has 0 unspecified atom stereocenters. The lowest BCUT2D eigenvalue weighted by molar-refractivity contribution is -0.117. The van der Waals surface area contributed by atoms with Crippen LogP contribution in [0.4, 0.5) is 4.79 Å². The number of thioether (sulfide) groups is 1. The number of aromatic nitrogens is 3. The number of rotatable bonds is 4. The van der Waals surface area contributed by atoms with Crippen molar-refractivity contribution in [1.29, 1.82) is 0 Å². The van der Waals surface area contributed by atoms with Crippen molar-refractivity contribution in [2.24, 2.45) is 7.05 Å². The molecular formula is C13H15N5O2S. The molecule has 0 saturated heterocycles. The highest BCUT2D eigenvalue weighted by Crippen LogP contribution is 2.21. The average molecular weight is 305 g/mol. The number of benzene rings is 1. The van der Waals surface area contributed by atoms with Gasteiger partial charge in [-0.05, 0) is 0 Å². The lowest BCUT2D eigenvalue weighted by atomic mass is 10.2. The van der Waals surface area contributed by atoms with Crippen LogP contribution in [0.15, 0.2) is 35.5 Å². The van der Waals surface area contributed by atoms with Gasteiger partial charge >= 0.3 is 6.03 Å². The first-order valence-corrected chi connectivity index (χ1v) is 7.19. The summed E-state index contributed by atoms with van der Waals surface area (Å²) in [6.45, 7) is 0. The van der Waals surface area contributed by atoms with Crippen LogP contribution in [0.2, 0.25) is 0 Å². The highest BCUT2D eigenvalue weighted by molar-refractivity contribution is 7.99. The zero-order valence-corrected chi connectivity index (χ0v) is 12.5. The molecule has 110 valence electrons. The molecule has 21 heavy (non-hydrogen) atoms. The lowest BCUT2D eigenvalue weighted by Crippen LogP contribution is -2.38. The van der Waals surface area contributed by atoms with Gasteiger partial charge in [0.25, 0.3) is 0 Å². The highest BCUT2D eigenvalue weighted by atomic mass is 32.2. The van der Waals surface area contributed by atoms with E-state index in [2.05, 4.69) is 20.8 Å². The quantitative estimate of drug-likeness (QED) is 0.824. The zero-order chi connectivity index (χ0) is 15.2. The molecule has 2 rings (SSSR count). The van der Waals surface area contributed by atoms with Gasteiger partial charge in [0.15, 0.2) is 11.0 Å². The van der Waals surface area contributed by atoms with Gasteiger partial charge in [-0.2, -0.15) is 0 Å². The second kappa shape index (κ2) is 6.89. The molecule has 0 saturated carbocycles. The van der Waals surface area contributed by atoms with Crippen LogP contribution in [0.5, 0.6) is 0 Å². The summed E-state index contributed by atoms with van der Waals surface area (Å²) in [4.78, 5) is 22.5. The predicted molar refractivity (Wildman–Crippen MR) is 79.8 cm³/mol. The molecule has 1 aromatic heterocycles. The van der Waals surface area contributed by atoms with E-state index in [1.807, 2.05) is 41.9 Å². The van der Waals surface area contributed by atoms with Gasteiger partial charge in [-0.1, -0.05) is 42.1 Å². The van der Waals surface area contributed by atoms with E-state index in [4.69, 9.17) is 0 Å². The normalized spacial score (nSPS) is 10.2. The number of nitrogens with zero attached hydrogens (tertiary/aromatic N) is 3. The topological polar surface area (TPSA) is 88.9 Å². The molecule has 2 N–H and O–H groups in total. The minimum atomic E-state index is -0.525. The van der Waals surface area contributed by atoms with Crippen LogP contribution in [-0.2, 0) is 11.8 Å². The monoisotopic (exact) mass is 305 g/mol. The van der Waals surface area contributed by atoms with Gasteiger partial charge in [-0.25, -0.2) is 4.79 Å².